The number of rotatable bonds is 4. The number of amides is 1. The van der Waals surface area contributed by atoms with Gasteiger partial charge in [0.2, 0.25) is 0 Å². The molecular weight excluding hydrogens is 259 g/mol. The minimum atomic E-state index is -1.65. The van der Waals surface area contributed by atoms with Gasteiger partial charge in [-0.2, -0.15) is 0 Å². The van der Waals surface area contributed by atoms with Crippen molar-refractivity contribution in [2.75, 3.05) is 12.4 Å². The van der Waals surface area contributed by atoms with Gasteiger partial charge in [-0.1, -0.05) is 12.1 Å². The Bertz CT molecular complexity index is 605. The Morgan fingerprint density at radius 1 is 1.30 bits per heavy atom. The van der Waals surface area contributed by atoms with Crippen molar-refractivity contribution in [2.45, 2.75) is 0 Å². The molecule has 1 amide bonds. The molecule has 1 heterocycles. The van der Waals surface area contributed by atoms with E-state index in [-0.39, 0.29) is 17.1 Å². The lowest BCUT2D eigenvalue weighted by Crippen LogP contribution is -2.31. The highest BCUT2D eigenvalue weighted by Crippen LogP contribution is 2.13. The van der Waals surface area contributed by atoms with Crippen molar-refractivity contribution < 1.29 is 19.6 Å². The smallest absolute Gasteiger partial charge is 0.492 e. The van der Waals surface area contributed by atoms with E-state index in [1.165, 1.54) is 25.3 Å². The van der Waals surface area contributed by atoms with Gasteiger partial charge in [-0.15, -0.1) is 0 Å². The summed E-state index contributed by atoms with van der Waals surface area (Å²) in [6.45, 7) is 0. The molecule has 1 aromatic heterocycles. The number of anilines is 1. The molecule has 2 aromatic rings. The van der Waals surface area contributed by atoms with Crippen LogP contribution < -0.4 is 15.5 Å². The van der Waals surface area contributed by atoms with E-state index in [4.69, 9.17) is 14.8 Å². The molecule has 0 radical (unpaired) electrons. The minimum absolute atomic E-state index is 0.196. The summed E-state index contributed by atoms with van der Waals surface area (Å²) in [5, 5.41) is 21.0. The first-order valence-corrected chi connectivity index (χ1v) is 5.88. The number of hydrogen-bond acceptors (Lipinski definition) is 5. The molecule has 3 N–H and O–H groups in total. The summed E-state index contributed by atoms with van der Waals surface area (Å²) in [7, 11) is -0.264. The number of nitrogens with zero attached hydrogens (tertiary/aromatic N) is 1. The molecule has 0 fully saturated rings. The number of ether oxygens (including phenoxy) is 1. The lowest BCUT2D eigenvalue weighted by Gasteiger charge is -2.10. The summed E-state index contributed by atoms with van der Waals surface area (Å²) < 4.78 is 5.03. The lowest BCUT2D eigenvalue weighted by atomic mass is 9.79. The van der Waals surface area contributed by atoms with Crippen molar-refractivity contribution in [3.63, 3.8) is 0 Å². The average Bonchev–Trinajstić information content (AvgIpc) is 2.47. The predicted octanol–water partition coefficient (Wildman–Crippen LogP) is 0.0223. The van der Waals surface area contributed by atoms with Gasteiger partial charge in [-0.05, 0) is 24.3 Å². The fourth-order valence-electron chi connectivity index (χ4n) is 1.69. The number of carbonyl (C=O) groups excluding carboxylic acids is 1. The first-order valence-electron chi connectivity index (χ1n) is 5.88. The number of hydrogen-bond donors (Lipinski definition) is 3. The topological polar surface area (TPSA) is 91.7 Å². The maximum absolute atomic E-state index is 12.0. The van der Waals surface area contributed by atoms with Crippen LogP contribution in [-0.4, -0.2) is 35.2 Å². The van der Waals surface area contributed by atoms with Crippen molar-refractivity contribution in [3.05, 3.63) is 48.2 Å². The second-order valence-corrected chi connectivity index (χ2v) is 4.00. The zero-order valence-corrected chi connectivity index (χ0v) is 10.8. The van der Waals surface area contributed by atoms with Gasteiger partial charge < -0.3 is 20.1 Å². The number of aromatic nitrogens is 1. The molecule has 6 nitrogen and oxygen atoms in total. The van der Waals surface area contributed by atoms with Crippen LogP contribution in [0.15, 0.2) is 42.6 Å². The molecule has 20 heavy (non-hydrogen) atoms. The molecule has 2 rings (SSSR count). The standard InChI is InChI=1S/C13H13BN2O4/c1-20-11-8-9(5-6-10(11)14(18)19)13(17)16-12-4-2-3-7-15-12/h2-8,18-19H,1H3,(H,15,16,17). The summed E-state index contributed by atoms with van der Waals surface area (Å²) >= 11 is 0. The number of benzene rings is 1. The summed E-state index contributed by atoms with van der Waals surface area (Å²) in [5.74, 6) is 0.303. The second-order valence-electron chi connectivity index (χ2n) is 4.00. The van der Waals surface area contributed by atoms with Crippen LogP contribution in [0.2, 0.25) is 0 Å². The summed E-state index contributed by atoms with van der Waals surface area (Å²) in [6.07, 6.45) is 1.57. The van der Waals surface area contributed by atoms with Crippen molar-refractivity contribution in [2.24, 2.45) is 0 Å². The Kier molecular flexibility index (Phi) is 4.34. The first-order chi connectivity index (χ1) is 9.61. The molecule has 0 atom stereocenters. The summed E-state index contributed by atoms with van der Waals surface area (Å²) in [5.41, 5.74) is 0.527. The van der Waals surface area contributed by atoms with Gasteiger partial charge in [-0.3, -0.25) is 4.79 Å². The second kappa shape index (κ2) is 6.18. The van der Waals surface area contributed by atoms with E-state index in [0.717, 1.165) is 0 Å². The molecule has 0 saturated carbocycles. The van der Waals surface area contributed by atoms with E-state index in [9.17, 15) is 4.79 Å². The number of pyridine rings is 1. The van der Waals surface area contributed by atoms with E-state index < -0.39 is 7.12 Å². The molecular formula is C13H13BN2O4. The van der Waals surface area contributed by atoms with Crippen LogP contribution in [0.25, 0.3) is 0 Å². The molecule has 102 valence electrons. The van der Waals surface area contributed by atoms with Crippen LogP contribution >= 0.6 is 0 Å². The normalized spacial score (nSPS) is 9.95. The fraction of sp³-hybridized carbons (Fsp3) is 0.0769. The highest BCUT2D eigenvalue weighted by Gasteiger charge is 2.18. The van der Waals surface area contributed by atoms with Crippen LogP contribution in [0.4, 0.5) is 5.82 Å². The van der Waals surface area contributed by atoms with Crippen LogP contribution in [0.3, 0.4) is 0 Å². The maximum atomic E-state index is 12.0. The van der Waals surface area contributed by atoms with Gasteiger partial charge in [0.25, 0.3) is 5.91 Å². The zero-order chi connectivity index (χ0) is 14.5. The predicted molar refractivity (Wildman–Crippen MR) is 75.0 cm³/mol. The van der Waals surface area contributed by atoms with Crippen LogP contribution in [0, 0.1) is 0 Å². The van der Waals surface area contributed by atoms with Crippen LogP contribution in [0.1, 0.15) is 10.4 Å². The van der Waals surface area contributed by atoms with E-state index in [0.29, 0.717) is 11.4 Å². The van der Waals surface area contributed by atoms with Crippen molar-refractivity contribution in [1.82, 2.24) is 4.98 Å². The van der Waals surface area contributed by atoms with Crippen molar-refractivity contribution >= 4 is 24.3 Å². The third-order valence-corrected chi connectivity index (χ3v) is 2.68. The first kappa shape index (κ1) is 14.0. The van der Waals surface area contributed by atoms with Gasteiger partial charge in [0.15, 0.2) is 0 Å². The number of methoxy groups -OCH3 is 1. The van der Waals surface area contributed by atoms with Gasteiger partial charge >= 0.3 is 7.12 Å². The third kappa shape index (κ3) is 3.14. The molecule has 0 aliphatic heterocycles. The minimum Gasteiger partial charge on any atom is -0.497 e. The Morgan fingerprint density at radius 2 is 2.10 bits per heavy atom. The highest BCUT2D eigenvalue weighted by atomic mass is 16.5. The van der Waals surface area contributed by atoms with Gasteiger partial charge in [-0.25, -0.2) is 4.98 Å². The van der Waals surface area contributed by atoms with Gasteiger partial charge in [0, 0.05) is 17.2 Å². The third-order valence-electron chi connectivity index (χ3n) is 2.68. The zero-order valence-electron chi connectivity index (χ0n) is 10.8. The molecule has 7 heteroatoms. The molecule has 0 spiro atoms. The molecule has 0 unspecified atom stereocenters. The number of carbonyl (C=O) groups is 1. The Balaban J connectivity index is 2.22. The van der Waals surface area contributed by atoms with E-state index in [2.05, 4.69) is 10.3 Å². The lowest BCUT2D eigenvalue weighted by molar-refractivity contribution is 0.102. The van der Waals surface area contributed by atoms with Crippen LogP contribution in [0.5, 0.6) is 5.75 Å². The summed E-state index contributed by atoms with van der Waals surface area (Å²) in [4.78, 5) is 16.0. The summed E-state index contributed by atoms with van der Waals surface area (Å²) in [6, 6.07) is 9.52. The molecule has 0 saturated heterocycles. The van der Waals surface area contributed by atoms with Crippen LogP contribution in [-0.2, 0) is 0 Å². The van der Waals surface area contributed by atoms with Crippen molar-refractivity contribution in [1.29, 1.82) is 0 Å². The van der Waals surface area contributed by atoms with E-state index >= 15 is 0 Å². The SMILES string of the molecule is COc1cc(C(=O)Nc2ccccn2)ccc1B(O)O. The molecule has 0 bridgehead atoms. The quantitative estimate of drug-likeness (QED) is 0.682. The van der Waals surface area contributed by atoms with Crippen molar-refractivity contribution in [3.8, 4) is 5.75 Å². The monoisotopic (exact) mass is 272 g/mol. The Labute approximate surface area is 116 Å². The van der Waals surface area contributed by atoms with E-state index in [1.807, 2.05) is 0 Å². The molecule has 1 aromatic carbocycles. The highest BCUT2D eigenvalue weighted by molar-refractivity contribution is 6.59. The number of nitrogens with one attached hydrogen (secondary N) is 1. The maximum Gasteiger partial charge on any atom is 0.492 e. The Hall–Kier alpha value is -2.38. The average molecular weight is 272 g/mol. The fourth-order valence-corrected chi connectivity index (χ4v) is 1.69. The molecule has 0 aliphatic rings. The Morgan fingerprint density at radius 3 is 2.70 bits per heavy atom. The van der Waals surface area contributed by atoms with E-state index in [1.54, 1.807) is 24.4 Å². The molecule has 0 aliphatic carbocycles. The van der Waals surface area contributed by atoms with Gasteiger partial charge in [0.05, 0.1) is 7.11 Å². The van der Waals surface area contributed by atoms with Gasteiger partial charge in [0.1, 0.15) is 11.6 Å². The largest absolute Gasteiger partial charge is 0.497 e.